The number of piperazine rings is 1. The predicted molar refractivity (Wildman–Crippen MR) is 133 cm³/mol. The summed E-state index contributed by atoms with van der Waals surface area (Å²) in [6, 6.07) is 12.1. The summed E-state index contributed by atoms with van der Waals surface area (Å²) >= 11 is 0. The minimum absolute atomic E-state index is 0.0541. The Kier molecular flexibility index (Phi) is 5.96. The van der Waals surface area contributed by atoms with Gasteiger partial charge >= 0.3 is 6.01 Å². The van der Waals surface area contributed by atoms with Gasteiger partial charge in [0, 0.05) is 55.4 Å². The molecule has 0 unspecified atom stereocenters. The van der Waals surface area contributed by atoms with E-state index in [0.717, 1.165) is 59.6 Å². The van der Waals surface area contributed by atoms with Crippen LogP contribution in [-0.2, 0) is 17.8 Å². The number of aromatic hydroxyl groups is 1. The summed E-state index contributed by atoms with van der Waals surface area (Å²) in [5.41, 5.74) is 3.07. The summed E-state index contributed by atoms with van der Waals surface area (Å²) in [4.78, 5) is 28.0. The minimum Gasteiger partial charge on any atom is -0.508 e. The standard InChI is InChI=1S/C26H29N5O3/c1-3-6-24(33)29-11-13-30(14-12-29)25-21-9-10-31(17-22(21)27-26(28-25)34-2)23-16-19(32)15-18-7-4-5-8-20(18)23/h3-8,15-16,32H,9-14,17H2,1-2H3/b6-3+. The van der Waals surface area contributed by atoms with Crippen molar-refractivity contribution in [3.63, 3.8) is 0 Å². The van der Waals surface area contributed by atoms with Crippen molar-refractivity contribution in [2.45, 2.75) is 19.9 Å². The molecule has 176 valence electrons. The van der Waals surface area contributed by atoms with Gasteiger partial charge in [0.15, 0.2) is 0 Å². The van der Waals surface area contributed by atoms with Crippen molar-refractivity contribution < 1.29 is 14.6 Å². The molecule has 0 spiro atoms. The molecule has 8 heteroatoms. The van der Waals surface area contributed by atoms with Crippen molar-refractivity contribution in [3.05, 3.63) is 59.8 Å². The molecule has 0 bridgehead atoms. The van der Waals surface area contributed by atoms with E-state index >= 15 is 0 Å². The number of ether oxygens (including phenoxy) is 1. The number of aromatic nitrogens is 2. The van der Waals surface area contributed by atoms with Gasteiger partial charge in [-0.05, 0) is 30.9 Å². The number of allylic oxidation sites excluding steroid dienone is 1. The zero-order valence-corrected chi connectivity index (χ0v) is 19.6. The molecular weight excluding hydrogens is 430 g/mol. The highest BCUT2D eigenvalue weighted by Crippen LogP contribution is 2.36. The van der Waals surface area contributed by atoms with Crippen molar-refractivity contribution >= 4 is 28.2 Å². The summed E-state index contributed by atoms with van der Waals surface area (Å²) in [7, 11) is 1.59. The lowest BCUT2D eigenvalue weighted by atomic mass is 10.0. The highest BCUT2D eigenvalue weighted by atomic mass is 16.5. The largest absolute Gasteiger partial charge is 0.508 e. The van der Waals surface area contributed by atoms with Gasteiger partial charge in [0.2, 0.25) is 5.91 Å². The molecule has 1 N–H and O–H groups in total. The van der Waals surface area contributed by atoms with Gasteiger partial charge in [-0.1, -0.05) is 30.3 Å². The molecule has 1 saturated heterocycles. The first-order valence-corrected chi connectivity index (χ1v) is 11.6. The van der Waals surface area contributed by atoms with Crippen LogP contribution in [0.25, 0.3) is 10.8 Å². The molecule has 34 heavy (non-hydrogen) atoms. The third kappa shape index (κ3) is 4.11. The van der Waals surface area contributed by atoms with Crippen LogP contribution in [0.15, 0.2) is 48.6 Å². The Morgan fingerprint density at radius 3 is 2.62 bits per heavy atom. The van der Waals surface area contributed by atoms with Crippen LogP contribution in [0.4, 0.5) is 11.5 Å². The molecule has 1 fully saturated rings. The molecule has 0 aliphatic carbocycles. The molecule has 2 aromatic carbocycles. The number of amides is 1. The summed E-state index contributed by atoms with van der Waals surface area (Å²) in [6.07, 6.45) is 4.18. The Labute approximate surface area is 199 Å². The van der Waals surface area contributed by atoms with Gasteiger partial charge in [0.05, 0.1) is 19.3 Å². The van der Waals surface area contributed by atoms with Gasteiger partial charge in [-0.25, -0.2) is 0 Å². The molecular formula is C26H29N5O3. The van der Waals surface area contributed by atoms with Crippen molar-refractivity contribution in [1.29, 1.82) is 0 Å². The number of nitrogens with zero attached hydrogens (tertiary/aromatic N) is 5. The smallest absolute Gasteiger partial charge is 0.318 e. The second-order valence-electron chi connectivity index (χ2n) is 8.63. The molecule has 3 heterocycles. The van der Waals surface area contributed by atoms with E-state index in [-0.39, 0.29) is 11.7 Å². The van der Waals surface area contributed by atoms with Crippen LogP contribution in [0.2, 0.25) is 0 Å². The Morgan fingerprint density at radius 2 is 1.85 bits per heavy atom. The Morgan fingerprint density at radius 1 is 1.06 bits per heavy atom. The second kappa shape index (κ2) is 9.21. The number of hydrogen-bond acceptors (Lipinski definition) is 7. The number of hydrogen-bond donors (Lipinski definition) is 1. The van der Waals surface area contributed by atoms with E-state index < -0.39 is 0 Å². The Hall–Kier alpha value is -3.81. The summed E-state index contributed by atoms with van der Waals surface area (Å²) in [5, 5.41) is 12.4. The van der Waals surface area contributed by atoms with Crippen molar-refractivity contribution in [3.8, 4) is 11.8 Å². The molecule has 2 aliphatic rings. The van der Waals surface area contributed by atoms with Crippen molar-refractivity contribution in [1.82, 2.24) is 14.9 Å². The number of methoxy groups -OCH3 is 1. The molecule has 0 saturated carbocycles. The number of anilines is 2. The number of carbonyl (C=O) groups is 1. The number of rotatable bonds is 4. The van der Waals surface area contributed by atoms with Crippen LogP contribution in [-0.4, -0.2) is 65.7 Å². The third-order valence-electron chi connectivity index (χ3n) is 6.57. The molecule has 1 aromatic heterocycles. The Balaban J connectivity index is 1.44. The van der Waals surface area contributed by atoms with E-state index in [1.165, 1.54) is 0 Å². The zero-order chi connectivity index (χ0) is 23.7. The third-order valence-corrected chi connectivity index (χ3v) is 6.57. The van der Waals surface area contributed by atoms with Crippen LogP contribution in [0, 0.1) is 0 Å². The average molecular weight is 460 g/mol. The van der Waals surface area contributed by atoms with Gasteiger partial charge in [0.25, 0.3) is 0 Å². The predicted octanol–water partition coefficient (Wildman–Crippen LogP) is 3.13. The molecule has 3 aromatic rings. The lowest BCUT2D eigenvalue weighted by molar-refractivity contribution is -0.126. The highest BCUT2D eigenvalue weighted by Gasteiger charge is 2.29. The lowest BCUT2D eigenvalue weighted by Crippen LogP contribution is -2.49. The van der Waals surface area contributed by atoms with Gasteiger partial charge in [-0.15, -0.1) is 0 Å². The maximum absolute atomic E-state index is 12.2. The van der Waals surface area contributed by atoms with Gasteiger partial charge in [0.1, 0.15) is 11.6 Å². The SMILES string of the molecule is C/C=C/C(=O)N1CCN(c2nc(OC)nc3c2CCN(c2cc(O)cc4ccccc24)C3)CC1. The molecule has 0 atom stereocenters. The number of phenolic OH excluding ortho intramolecular Hbond substituents is 1. The maximum Gasteiger partial charge on any atom is 0.318 e. The number of fused-ring (bicyclic) bond motifs is 2. The van der Waals surface area contributed by atoms with Crippen LogP contribution >= 0.6 is 0 Å². The van der Waals surface area contributed by atoms with Gasteiger partial charge in [-0.2, -0.15) is 9.97 Å². The van der Waals surface area contributed by atoms with Crippen molar-refractivity contribution in [2.24, 2.45) is 0 Å². The fraction of sp³-hybridized carbons (Fsp3) is 0.346. The van der Waals surface area contributed by atoms with E-state index in [9.17, 15) is 9.90 Å². The number of carbonyl (C=O) groups excluding carboxylic acids is 1. The molecule has 5 rings (SSSR count). The monoisotopic (exact) mass is 459 g/mol. The molecule has 1 amide bonds. The first-order chi connectivity index (χ1) is 16.6. The zero-order valence-electron chi connectivity index (χ0n) is 19.6. The normalized spacial score (nSPS) is 16.2. The molecule has 0 radical (unpaired) electrons. The Bertz CT molecular complexity index is 1250. The van der Waals surface area contributed by atoms with Crippen LogP contribution in [0.1, 0.15) is 18.2 Å². The van der Waals surface area contributed by atoms with E-state index in [2.05, 4.69) is 15.9 Å². The topological polar surface area (TPSA) is 82.0 Å². The van der Waals surface area contributed by atoms with E-state index in [1.54, 1.807) is 25.3 Å². The maximum atomic E-state index is 12.2. The first kappa shape index (κ1) is 22.0. The summed E-state index contributed by atoms with van der Waals surface area (Å²) in [6.45, 7) is 6.01. The van der Waals surface area contributed by atoms with E-state index in [0.29, 0.717) is 25.6 Å². The molecule has 2 aliphatic heterocycles. The fourth-order valence-electron chi connectivity index (χ4n) is 4.87. The van der Waals surface area contributed by atoms with Gasteiger partial charge < -0.3 is 24.5 Å². The summed E-state index contributed by atoms with van der Waals surface area (Å²) in [5.74, 6) is 1.21. The van der Waals surface area contributed by atoms with E-state index in [4.69, 9.17) is 14.7 Å². The van der Waals surface area contributed by atoms with Crippen molar-refractivity contribution in [2.75, 3.05) is 49.6 Å². The average Bonchev–Trinajstić information content (AvgIpc) is 2.87. The molecule has 8 nitrogen and oxygen atoms in total. The first-order valence-electron chi connectivity index (χ1n) is 11.6. The van der Waals surface area contributed by atoms with Crippen LogP contribution in [0.3, 0.4) is 0 Å². The van der Waals surface area contributed by atoms with Crippen LogP contribution < -0.4 is 14.5 Å². The second-order valence-corrected chi connectivity index (χ2v) is 8.63. The van der Waals surface area contributed by atoms with Crippen LogP contribution in [0.5, 0.6) is 11.8 Å². The number of phenols is 1. The number of benzene rings is 2. The van der Waals surface area contributed by atoms with Gasteiger partial charge in [-0.3, -0.25) is 4.79 Å². The fourth-order valence-corrected chi connectivity index (χ4v) is 4.87. The quantitative estimate of drug-likeness (QED) is 0.600. The lowest BCUT2D eigenvalue weighted by Gasteiger charge is -2.38. The highest BCUT2D eigenvalue weighted by molar-refractivity contribution is 5.95. The van der Waals surface area contributed by atoms with E-state index in [1.807, 2.05) is 36.1 Å². The minimum atomic E-state index is 0.0541. The summed E-state index contributed by atoms with van der Waals surface area (Å²) < 4.78 is 5.45.